The summed E-state index contributed by atoms with van der Waals surface area (Å²) >= 11 is 0. The molecule has 0 radical (unpaired) electrons. The van der Waals surface area contributed by atoms with Crippen molar-refractivity contribution in [2.45, 2.75) is 0 Å². The zero-order valence-electron chi connectivity index (χ0n) is 11.6. The van der Waals surface area contributed by atoms with Crippen molar-refractivity contribution in [3.05, 3.63) is 78.1 Å². The Labute approximate surface area is 122 Å². The Morgan fingerprint density at radius 1 is 1.05 bits per heavy atom. The molecule has 3 aromatic rings. The Balaban J connectivity index is 1.95. The average molecular weight is 278 g/mol. The van der Waals surface area contributed by atoms with Gasteiger partial charge in [0.2, 0.25) is 0 Å². The van der Waals surface area contributed by atoms with Crippen LogP contribution in [-0.2, 0) is 0 Å². The van der Waals surface area contributed by atoms with Crippen LogP contribution in [0.4, 0.5) is 0 Å². The van der Waals surface area contributed by atoms with E-state index in [4.69, 9.17) is 4.74 Å². The van der Waals surface area contributed by atoms with E-state index in [0.29, 0.717) is 16.9 Å². The highest BCUT2D eigenvalue weighted by Crippen LogP contribution is 2.21. The van der Waals surface area contributed by atoms with E-state index >= 15 is 0 Å². The molecule has 104 valence electrons. The first kappa shape index (κ1) is 13.1. The van der Waals surface area contributed by atoms with Gasteiger partial charge in [-0.25, -0.2) is 4.68 Å². The van der Waals surface area contributed by atoms with Crippen LogP contribution in [-0.4, -0.2) is 22.7 Å². The van der Waals surface area contributed by atoms with Crippen molar-refractivity contribution in [3.63, 3.8) is 0 Å². The summed E-state index contributed by atoms with van der Waals surface area (Å²) in [5.41, 5.74) is 1.98. The summed E-state index contributed by atoms with van der Waals surface area (Å²) in [6, 6.07) is 16.8. The number of nitrogens with zero attached hydrogens (tertiary/aromatic N) is 2. The Hall–Kier alpha value is -2.88. The third-order valence-electron chi connectivity index (χ3n) is 3.22. The van der Waals surface area contributed by atoms with E-state index in [1.807, 2.05) is 42.5 Å². The van der Waals surface area contributed by atoms with E-state index in [0.717, 1.165) is 5.69 Å². The summed E-state index contributed by atoms with van der Waals surface area (Å²) in [6.45, 7) is 0. The molecule has 1 aromatic heterocycles. The van der Waals surface area contributed by atoms with E-state index in [9.17, 15) is 4.79 Å². The highest BCUT2D eigenvalue weighted by Gasteiger charge is 2.15. The Morgan fingerprint density at radius 2 is 1.76 bits per heavy atom. The molecular weight excluding hydrogens is 264 g/mol. The van der Waals surface area contributed by atoms with Crippen molar-refractivity contribution in [2.75, 3.05) is 7.11 Å². The number of ether oxygens (including phenoxy) is 1. The second-order valence-electron chi connectivity index (χ2n) is 4.54. The maximum absolute atomic E-state index is 12.5. The topological polar surface area (TPSA) is 44.1 Å². The molecule has 0 N–H and O–H groups in total. The molecule has 0 aliphatic rings. The molecular formula is C17H14N2O2. The monoisotopic (exact) mass is 278 g/mol. The first-order chi connectivity index (χ1) is 10.3. The molecule has 0 saturated heterocycles. The van der Waals surface area contributed by atoms with Gasteiger partial charge in [0.15, 0.2) is 5.78 Å². The van der Waals surface area contributed by atoms with Gasteiger partial charge in [-0.1, -0.05) is 30.3 Å². The van der Waals surface area contributed by atoms with Gasteiger partial charge in [0.25, 0.3) is 0 Å². The minimum atomic E-state index is -0.102. The third kappa shape index (κ3) is 2.56. The normalized spacial score (nSPS) is 10.3. The van der Waals surface area contributed by atoms with Crippen LogP contribution in [0, 0.1) is 0 Å². The SMILES string of the molecule is COc1ccccc1C(=O)c1cnn(-c2ccccc2)c1. The highest BCUT2D eigenvalue weighted by molar-refractivity contribution is 6.10. The Morgan fingerprint density at radius 3 is 2.52 bits per heavy atom. The minimum absolute atomic E-state index is 0.102. The standard InChI is InChI=1S/C17H14N2O2/c1-21-16-10-6-5-9-15(16)17(20)13-11-18-19(12-13)14-7-3-2-4-8-14/h2-12H,1H3. The predicted molar refractivity (Wildman–Crippen MR) is 80.0 cm³/mol. The molecule has 0 amide bonds. The van der Waals surface area contributed by atoms with Crippen molar-refractivity contribution in [2.24, 2.45) is 0 Å². The molecule has 2 aromatic carbocycles. The largest absolute Gasteiger partial charge is 0.496 e. The molecule has 0 atom stereocenters. The Kier molecular flexibility index (Phi) is 3.51. The lowest BCUT2D eigenvalue weighted by Crippen LogP contribution is -2.02. The molecule has 0 bridgehead atoms. The number of hydrogen-bond donors (Lipinski definition) is 0. The summed E-state index contributed by atoms with van der Waals surface area (Å²) in [4.78, 5) is 12.5. The average Bonchev–Trinajstić information content (AvgIpc) is 3.05. The smallest absolute Gasteiger partial charge is 0.199 e. The lowest BCUT2D eigenvalue weighted by molar-refractivity contribution is 0.103. The number of ketones is 1. The van der Waals surface area contributed by atoms with Crippen LogP contribution in [0.2, 0.25) is 0 Å². The molecule has 4 nitrogen and oxygen atoms in total. The van der Waals surface area contributed by atoms with Crippen molar-refractivity contribution in [1.82, 2.24) is 9.78 Å². The van der Waals surface area contributed by atoms with Gasteiger partial charge < -0.3 is 4.74 Å². The first-order valence-corrected chi connectivity index (χ1v) is 6.57. The van der Waals surface area contributed by atoms with Crippen molar-refractivity contribution < 1.29 is 9.53 Å². The fraction of sp³-hybridized carbons (Fsp3) is 0.0588. The van der Waals surface area contributed by atoms with Gasteiger partial charge in [-0.05, 0) is 24.3 Å². The summed E-state index contributed by atoms with van der Waals surface area (Å²) < 4.78 is 6.91. The van der Waals surface area contributed by atoms with Gasteiger partial charge in [-0.15, -0.1) is 0 Å². The number of carbonyl (C=O) groups is 1. The van der Waals surface area contributed by atoms with E-state index in [-0.39, 0.29) is 5.78 Å². The highest BCUT2D eigenvalue weighted by atomic mass is 16.5. The van der Waals surface area contributed by atoms with E-state index < -0.39 is 0 Å². The van der Waals surface area contributed by atoms with Crippen LogP contribution < -0.4 is 4.74 Å². The fourth-order valence-corrected chi connectivity index (χ4v) is 2.15. The van der Waals surface area contributed by atoms with Gasteiger partial charge in [0.1, 0.15) is 5.75 Å². The predicted octanol–water partition coefficient (Wildman–Crippen LogP) is 3.11. The second-order valence-corrected chi connectivity index (χ2v) is 4.54. The van der Waals surface area contributed by atoms with Crippen LogP contribution in [0.1, 0.15) is 15.9 Å². The van der Waals surface area contributed by atoms with Crippen LogP contribution >= 0.6 is 0 Å². The van der Waals surface area contributed by atoms with Crippen LogP contribution in [0.25, 0.3) is 5.69 Å². The lowest BCUT2D eigenvalue weighted by atomic mass is 10.1. The quantitative estimate of drug-likeness (QED) is 0.689. The van der Waals surface area contributed by atoms with E-state index in [2.05, 4.69) is 5.10 Å². The number of hydrogen-bond acceptors (Lipinski definition) is 3. The summed E-state index contributed by atoms with van der Waals surface area (Å²) in [5.74, 6) is 0.463. The molecule has 1 heterocycles. The number of rotatable bonds is 4. The Bertz CT molecular complexity index is 763. The molecule has 4 heteroatoms. The van der Waals surface area contributed by atoms with Crippen LogP contribution in [0.5, 0.6) is 5.75 Å². The number of para-hydroxylation sites is 2. The zero-order valence-corrected chi connectivity index (χ0v) is 11.6. The number of methoxy groups -OCH3 is 1. The van der Waals surface area contributed by atoms with Gasteiger partial charge >= 0.3 is 0 Å². The molecule has 0 aliphatic carbocycles. The molecule has 0 unspecified atom stereocenters. The first-order valence-electron chi connectivity index (χ1n) is 6.57. The second kappa shape index (κ2) is 5.63. The third-order valence-corrected chi connectivity index (χ3v) is 3.22. The zero-order chi connectivity index (χ0) is 14.7. The maximum Gasteiger partial charge on any atom is 0.199 e. The van der Waals surface area contributed by atoms with Gasteiger partial charge in [0.05, 0.1) is 30.1 Å². The van der Waals surface area contributed by atoms with E-state index in [1.54, 1.807) is 36.3 Å². The summed E-state index contributed by atoms with van der Waals surface area (Å²) in [7, 11) is 1.56. The molecule has 0 saturated carbocycles. The molecule has 3 rings (SSSR count). The van der Waals surface area contributed by atoms with Gasteiger partial charge in [-0.3, -0.25) is 4.79 Å². The fourth-order valence-electron chi connectivity index (χ4n) is 2.15. The molecule has 0 spiro atoms. The van der Waals surface area contributed by atoms with Crippen molar-refractivity contribution >= 4 is 5.78 Å². The van der Waals surface area contributed by atoms with Crippen LogP contribution in [0.3, 0.4) is 0 Å². The molecule has 0 aliphatic heterocycles. The number of carbonyl (C=O) groups excluding carboxylic acids is 1. The van der Waals surface area contributed by atoms with Crippen LogP contribution in [0.15, 0.2) is 67.0 Å². The lowest BCUT2D eigenvalue weighted by Gasteiger charge is -2.05. The summed E-state index contributed by atoms with van der Waals surface area (Å²) in [6.07, 6.45) is 3.30. The maximum atomic E-state index is 12.5. The number of benzene rings is 2. The summed E-state index contributed by atoms with van der Waals surface area (Å²) in [5, 5.41) is 4.24. The van der Waals surface area contributed by atoms with Gasteiger partial charge in [-0.2, -0.15) is 5.10 Å². The molecule has 21 heavy (non-hydrogen) atoms. The van der Waals surface area contributed by atoms with Crippen molar-refractivity contribution in [3.8, 4) is 11.4 Å². The molecule has 0 fully saturated rings. The van der Waals surface area contributed by atoms with E-state index in [1.165, 1.54) is 0 Å². The number of aromatic nitrogens is 2. The minimum Gasteiger partial charge on any atom is -0.496 e. The van der Waals surface area contributed by atoms with Gasteiger partial charge in [0, 0.05) is 6.20 Å². The van der Waals surface area contributed by atoms with Crippen molar-refractivity contribution in [1.29, 1.82) is 0 Å².